The Morgan fingerprint density at radius 2 is 2.06 bits per heavy atom. The summed E-state index contributed by atoms with van der Waals surface area (Å²) in [6.07, 6.45) is 0.265. The molecule has 2 aliphatic heterocycles. The summed E-state index contributed by atoms with van der Waals surface area (Å²) in [7, 11) is 0. The van der Waals surface area contributed by atoms with Crippen molar-refractivity contribution < 1.29 is 33.7 Å². The number of hydrogen-bond acceptors (Lipinski definition) is 7. The molecule has 5 fully saturated rings. The minimum absolute atomic E-state index is 0.0454. The van der Waals surface area contributed by atoms with Crippen LogP contribution < -0.4 is 0 Å². The number of aliphatic hydroxyl groups is 1. The van der Waals surface area contributed by atoms with Gasteiger partial charge in [-0.25, -0.2) is 0 Å². The van der Waals surface area contributed by atoms with Crippen LogP contribution in [0, 0.1) is 29.1 Å². The Kier molecular flexibility index (Phi) is 4.08. The largest absolute Gasteiger partial charge is 0.459 e. The van der Waals surface area contributed by atoms with E-state index in [1.165, 1.54) is 6.92 Å². The zero-order valence-electron chi connectivity index (χ0n) is 18.9. The van der Waals surface area contributed by atoms with Crippen molar-refractivity contribution in [1.82, 2.24) is 0 Å². The summed E-state index contributed by atoms with van der Waals surface area (Å²) in [4.78, 5) is 38.8. The van der Waals surface area contributed by atoms with Gasteiger partial charge < -0.3 is 19.3 Å². The van der Waals surface area contributed by atoms with Crippen molar-refractivity contribution in [2.45, 2.75) is 89.3 Å². The number of carbonyl (C=O) groups is 3. The molecule has 0 radical (unpaired) electrons. The second kappa shape index (κ2) is 5.98. The van der Waals surface area contributed by atoms with Gasteiger partial charge in [0.25, 0.3) is 0 Å². The third-order valence-corrected chi connectivity index (χ3v) is 9.31. The van der Waals surface area contributed by atoms with Gasteiger partial charge in [-0.1, -0.05) is 32.9 Å². The molecule has 31 heavy (non-hydrogen) atoms. The minimum Gasteiger partial charge on any atom is -0.459 e. The number of ketones is 1. The van der Waals surface area contributed by atoms with Gasteiger partial charge in [0.2, 0.25) is 0 Å². The Bertz CT molecular complexity index is 912. The number of hydrogen-bond donors (Lipinski definition) is 1. The molecule has 0 unspecified atom stereocenters. The van der Waals surface area contributed by atoms with Gasteiger partial charge in [-0.3, -0.25) is 14.4 Å². The summed E-state index contributed by atoms with van der Waals surface area (Å²) in [6, 6.07) is 0. The molecule has 0 amide bonds. The molecule has 7 nitrogen and oxygen atoms in total. The zero-order chi connectivity index (χ0) is 22.7. The van der Waals surface area contributed by atoms with Crippen molar-refractivity contribution in [2.75, 3.05) is 0 Å². The lowest BCUT2D eigenvalue weighted by molar-refractivity contribution is -0.173. The number of Topliss-reactive ketones (excluding diaryl/α,β-unsaturated/α-hetero) is 1. The van der Waals surface area contributed by atoms with E-state index in [4.69, 9.17) is 14.2 Å². The highest BCUT2D eigenvalue weighted by Crippen LogP contribution is 2.79. The van der Waals surface area contributed by atoms with E-state index in [2.05, 4.69) is 6.58 Å². The number of esters is 2. The van der Waals surface area contributed by atoms with Gasteiger partial charge >= 0.3 is 11.9 Å². The lowest BCUT2D eigenvalue weighted by Gasteiger charge is -2.52. The molecule has 170 valence electrons. The third-order valence-electron chi connectivity index (χ3n) is 9.31. The average Bonchev–Trinajstić information content (AvgIpc) is 3.23. The minimum atomic E-state index is -1.33. The van der Waals surface area contributed by atoms with Gasteiger partial charge in [0.1, 0.15) is 40.2 Å². The van der Waals surface area contributed by atoms with Crippen molar-refractivity contribution in [2.24, 2.45) is 29.1 Å². The van der Waals surface area contributed by atoms with Crippen LogP contribution in [0.3, 0.4) is 0 Å². The first-order valence-corrected chi connectivity index (χ1v) is 11.4. The van der Waals surface area contributed by atoms with Crippen molar-refractivity contribution in [3.63, 3.8) is 0 Å². The Labute approximate surface area is 182 Å². The van der Waals surface area contributed by atoms with E-state index in [-0.39, 0.29) is 23.6 Å². The molecular weight excluding hydrogens is 400 g/mol. The molecule has 2 saturated heterocycles. The molecule has 0 bridgehead atoms. The van der Waals surface area contributed by atoms with Crippen LogP contribution in [0.25, 0.3) is 0 Å². The molecule has 0 aromatic carbocycles. The van der Waals surface area contributed by atoms with E-state index in [1.807, 2.05) is 20.8 Å². The highest BCUT2D eigenvalue weighted by atomic mass is 16.7. The number of ether oxygens (including phenoxy) is 3. The summed E-state index contributed by atoms with van der Waals surface area (Å²) in [5, 5.41) is 11.6. The maximum atomic E-state index is 13.2. The molecule has 5 aliphatic rings. The van der Waals surface area contributed by atoms with Crippen molar-refractivity contribution in [3.05, 3.63) is 12.2 Å². The van der Waals surface area contributed by atoms with Crippen molar-refractivity contribution >= 4 is 17.7 Å². The summed E-state index contributed by atoms with van der Waals surface area (Å²) in [5.74, 6) is -2.41. The topological polar surface area (TPSA) is 102 Å². The number of carbonyl (C=O) groups excluding carboxylic acids is 3. The maximum absolute atomic E-state index is 13.2. The lowest BCUT2D eigenvalue weighted by Crippen LogP contribution is -2.67. The van der Waals surface area contributed by atoms with Crippen LogP contribution in [0.5, 0.6) is 0 Å². The SMILES string of the molecule is C=C1CC[C@@]2(C(C)=O)C(=O)O[C@]3(C)[C@H]2[C@@H]1[C@@]12O[C@@]1(C[C@@H](C)[C@H]2OC(=O)[C@H](C)CC)[C@H]3O. The standard InChI is InChI=1S/C24H32O7/c1-7-11(2)18(26)29-17-13(4)10-23-19(27)21(6)16-15(24(17,23)31-23)12(3)8-9-22(16,14(5)25)20(28)30-21/h11,13,15-17,19,27H,3,7-10H2,1-2,4-6H3/t11-,13-,15-,16-,17-,19+,21-,22+,23+,24+/m1/s1. The fraction of sp³-hybridized carbons (Fsp3) is 0.792. The highest BCUT2D eigenvalue weighted by Gasteiger charge is 2.94. The predicted molar refractivity (Wildman–Crippen MR) is 109 cm³/mol. The van der Waals surface area contributed by atoms with Crippen LogP contribution in [0.2, 0.25) is 0 Å². The first-order chi connectivity index (χ1) is 14.4. The van der Waals surface area contributed by atoms with Gasteiger partial charge in [0.05, 0.1) is 5.92 Å². The third kappa shape index (κ3) is 2.06. The maximum Gasteiger partial charge on any atom is 0.320 e. The molecule has 0 aromatic heterocycles. The Morgan fingerprint density at radius 1 is 1.39 bits per heavy atom. The highest BCUT2D eigenvalue weighted by molar-refractivity contribution is 6.05. The van der Waals surface area contributed by atoms with Crippen LogP contribution in [0.4, 0.5) is 0 Å². The lowest BCUT2D eigenvalue weighted by atomic mass is 9.47. The number of aliphatic hydroxyl groups excluding tert-OH is 1. The molecular formula is C24H32O7. The molecule has 10 atom stereocenters. The van der Waals surface area contributed by atoms with Crippen LogP contribution in [-0.2, 0) is 28.6 Å². The fourth-order valence-corrected chi connectivity index (χ4v) is 7.65. The summed E-state index contributed by atoms with van der Waals surface area (Å²) >= 11 is 0. The van der Waals surface area contributed by atoms with E-state index in [0.29, 0.717) is 25.7 Å². The van der Waals surface area contributed by atoms with E-state index in [1.54, 1.807) is 6.92 Å². The van der Waals surface area contributed by atoms with Crippen LogP contribution >= 0.6 is 0 Å². The van der Waals surface area contributed by atoms with Crippen LogP contribution in [0.1, 0.15) is 60.3 Å². The van der Waals surface area contributed by atoms with Gasteiger partial charge in [-0.15, -0.1) is 0 Å². The van der Waals surface area contributed by atoms with Gasteiger partial charge in [-0.2, -0.15) is 0 Å². The van der Waals surface area contributed by atoms with Gasteiger partial charge in [0.15, 0.2) is 0 Å². The summed E-state index contributed by atoms with van der Waals surface area (Å²) in [6.45, 7) is 13.2. The molecule has 5 rings (SSSR count). The first kappa shape index (κ1) is 21.1. The van der Waals surface area contributed by atoms with Gasteiger partial charge in [0, 0.05) is 11.8 Å². The Balaban J connectivity index is 1.66. The number of epoxide rings is 1. The first-order valence-electron chi connectivity index (χ1n) is 11.4. The van der Waals surface area contributed by atoms with Gasteiger partial charge in [-0.05, 0) is 45.4 Å². The zero-order valence-corrected chi connectivity index (χ0v) is 18.9. The van der Waals surface area contributed by atoms with E-state index >= 15 is 0 Å². The fourth-order valence-electron chi connectivity index (χ4n) is 7.65. The van der Waals surface area contributed by atoms with E-state index in [9.17, 15) is 19.5 Å². The van der Waals surface area contributed by atoms with Crippen molar-refractivity contribution in [1.29, 1.82) is 0 Å². The Hall–Kier alpha value is -1.73. The second-order valence-electron chi connectivity index (χ2n) is 10.7. The van der Waals surface area contributed by atoms with Crippen molar-refractivity contribution in [3.8, 4) is 0 Å². The molecule has 0 aromatic rings. The molecule has 3 saturated carbocycles. The normalized spacial score (nSPS) is 52.5. The molecule has 2 heterocycles. The van der Waals surface area contributed by atoms with Crippen LogP contribution in [-0.4, -0.2) is 51.8 Å². The Morgan fingerprint density at radius 3 is 2.68 bits per heavy atom. The average molecular weight is 433 g/mol. The smallest absolute Gasteiger partial charge is 0.320 e. The number of rotatable bonds is 4. The quantitative estimate of drug-likeness (QED) is 0.315. The molecule has 3 aliphatic carbocycles. The summed E-state index contributed by atoms with van der Waals surface area (Å²) in [5.41, 5.74) is -3.67. The van der Waals surface area contributed by atoms with E-state index < -0.39 is 52.2 Å². The molecule has 7 heteroatoms. The molecule has 0 spiro atoms. The monoisotopic (exact) mass is 432 g/mol. The predicted octanol–water partition coefficient (Wildman–Crippen LogP) is 2.34. The van der Waals surface area contributed by atoms with Crippen LogP contribution in [0.15, 0.2) is 12.2 Å². The molecule has 1 N–H and O–H groups in total. The van der Waals surface area contributed by atoms with E-state index in [0.717, 1.165) is 5.57 Å². The summed E-state index contributed by atoms with van der Waals surface area (Å²) < 4.78 is 18.3. The second-order valence-corrected chi connectivity index (χ2v) is 10.7.